The van der Waals surface area contributed by atoms with Gasteiger partial charge in [0.2, 0.25) is 0 Å². The van der Waals surface area contributed by atoms with E-state index in [1.54, 1.807) is 19.2 Å². The molecule has 1 rings (SSSR count). The van der Waals surface area contributed by atoms with Crippen molar-refractivity contribution < 1.29 is 9.84 Å². The van der Waals surface area contributed by atoms with Crippen LogP contribution in [0.4, 0.5) is 0 Å². The molecule has 1 unspecified atom stereocenters. The van der Waals surface area contributed by atoms with Crippen molar-refractivity contribution in [3.8, 4) is 0 Å². The van der Waals surface area contributed by atoms with E-state index in [-0.39, 0.29) is 0 Å². The molecule has 3 heteroatoms. The molecule has 0 aliphatic carbocycles. The monoisotopic (exact) mass is 214 g/mol. The van der Waals surface area contributed by atoms with Gasteiger partial charge in [0.15, 0.2) is 0 Å². The van der Waals surface area contributed by atoms with E-state index in [1.807, 2.05) is 26.0 Å². The number of hydrogen-bond acceptors (Lipinski definition) is 2. The Morgan fingerprint density at radius 1 is 1.36 bits per heavy atom. The Labute approximate surface area is 89.5 Å². The molecule has 78 valence electrons. The number of halogens is 1. The second-order valence-electron chi connectivity index (χ2n) is 3.73. The van der Waals surface area contributed by atoms with Gasteiger partial charge in [0.05, 0.1) is 5.60 Å². The molecular formula is C11H15ClO2. The normalized spacial score (nSPS) is 14.1. The lowest BCUT2D eigenvalue weighted by atomic mass is 9.94. The van der Waals surface area contributed by atoms with Crippen molar-refractivity contribution in [3.05, 3.63) is 34.9 Å². The van der Waals surface area contributed by atoms with Gasteiger partial charge in [-0.25, -0.2) is 0 Å². The summed E-state index contributed by atoms with van der Waals surface area (Å²) in [6.45, 7) is 3.64. The third-order valence-corrected chi connectivity index (χ3v) is 2.73. The van der Waals surface area contributed by atoms with E-state index >= 15 is 0 Å². The van der Waals surface area contributed by atoms with Gasteiger partial charge in [-0.2, -0.15) is 0 Å². The highest BCUT2D eigenvalue weighted by Crippen LogP contribution is 2.32. The molecule has 0 saturated carbocycles. The van der Waals surface area contributed by atoms with Gasteiger partial charge in [0, 0.05) is 17.7 Å². The third kappa shape index (κ3) is 2.27. The second kappa shape index (κ2) is 4.30. The van der Waals surface area contributed by atoms with Crippen molar-refractivity contribution in [1.29, 1.82) is 0 Å². The van der Waals surface area contributed by atoms with Crippen LogP contribution in [0.5, 0.6) is 0 Å². The summed E-state index contributed by atoms with van der Waals surface area (Å²) in [6.07, 6.45) is -0.721. The van der Waals surface area contributed by atoms with Crippen LogP contribution in [0, 0.1) is 0 Å². The summed E-state index contributed by atoms with van der Waals surface area (Å²) in [5, 5.41) is 10.6. The number of benzene rings is 1. The molecule has 0 amide bonds. The van der Waals surface area contributed by atoms with Crippen LogP contribution >= 0.6 is 11.6 Å². The largest absolute Gasteiger partial charge is 0.385 e. The maximum absolute atomic E-state index is 10.0. The highest BCUT2D eigenvalue weighted by molar-refractivity contribution is 6.31. The third-order valence-electron chi connectivity index (χ3n) is 2.38. The van der Waals surface area contributed by atoms with Crippen molar-refractivity contribution >= 4 is 11.6 Å². The molecule has 1 N–H and O–H groups in total. The van der Waals surface area contributed by atoms with Crippen LogP contribution in [0.25, 0.3) is 0 Å². The number of ether oxygens (including phenoxy) is 1. The molecule has 0 aromatic heterocycles. The standard InChI is InChI=1S/C11H15ClO2/c1-11(2,14-3)10(13)8-6-4-5-7-9(8)12/h4-7,10,13H,1-3H3. The van der Waals surface area contributed by atoms with E-state index in [0.717, 1.165) is 0 Å². The highest BCUT2D eigenvalue weighted by Gasteiger charge is 2.29. The summed E-state index contributed by atoms with van der Waals surface area (Å²) in [5.41, 5.74) is 0.0615. The molecule has 0 fully saturated rings. The number of rotatable bonds is 3. The fourth-order valence-electron chi connectivity index (χ4n) is 1.18. The lowest BCUT2D eigenvalue weighted by molar-refractivity contribution is -0.0792. The zero-order chi connectivity index (χ0) is 10.8. The van der Waals surface area contributed by atoms with Crippen LogP contribution in [0.3, 0.4) is 0 Å². The van der Waals surface area contributed by atoms with Gasteiger partial charge in [0.25, 0.3) is 0 Å². The summed E-state index contributed by atoms with van der Waals surface area (Å²) < 4.78 is 5.20. The molecule has 0 aliphatic rings. The van der Waals surface area contributed by atoms with E-state index in [2.05, 4.69) is 0 Å². The summed E-state index contributed by atoms with van der Waals surface area (Å²) in [7, 11) is 1.57. The molecule has 0 saturated heterocycles. The highest BCUT2D eigenvalue weighted by atomic mass is 35.5. The zero-order valence-electron chi connectivity index (χ0n) is 8.62. The first kappa shape index (κ1) is 11.5. The van der Waals surface area contributed by atoms with Gasteiger partial charge in [-0.3, -0.25) is 0 Å². The molecule has 14 heavy (non-hydrogen) atoms. The van der Waals surface area contributed by atoms with E-state index in [0.29, 0.717) is 10.6 Å². The zero-order valence-corrected chi connectivity index (χ0v) is 9.38. The van der Waals surface area contributed by atoms with Crippen LogP contribution < -0.4 is 0 Å². The van der Waals surface area contributed by atoms with E-state index in [1.165, 1.54) is 0 Å². The first-order valence-electron chi connectivity index (χ1n) is 4.46. The molecule has 1 atom stereocenters. The summed E-state index contributed by atoms with van der Waals surface area (Å²) in [5.74, 6) is 0. The Kier molecular flexibility index (Phi) is 3.53. The summed E-state index contributed by atoms with van der Waals surface area (Å²) >= 11 is 5.97. The number of hydrogen-bond donors (Lipinski definition) is 1. The van der Waals surface area contributed by atoms with Crippen LogP contribution in [0.15, 0.2) is 24.3 Å². The van der Waals surface area contributed by atoms with Crippen molar-refractivity contribution in [1.82, 2.24) is 0 Å². The second-order valence-corrected chi connectivity index (χ2v) is 4.14. The van der Waals surface area contributed by atoms with Crippen molar-refractivity contribution in [2.24, 2.45) is 0 Å². The van der Waals surface area contributed by atoms with Gasteiger partial charge in [-0.1, -0.05) is 29.8 Å². The van der Waals surface area contributed by atoms with Crippen molar-refractivity contribution in [3.63, 3.8) is 0 Å². The molecule has 1 aromatic rings. The van der Waals surface area contributed by atoms with Gasteiger partial charge in [0.1, 0.15) is 6.10 Å². The minimum Gasteiger partial charge on any atom is -0.385 e. The van der Waals surface area contributed by atoms with Gasteiger partial charge >= 0.3 is 0 Å². The Morgan fingerprint density at radius 3 is 2.43 bits per heavy atom. The van der Waals surface area contributed by atoms with E-state index < -0.39 is 11.7 Å². The quantitative estimate of drug-likeness (QED) is 0.839. The number of aliphatic hydroxyl groups is 1. The van der Waals surface area contributed by atoms with Gasteiger partial charge in [-0.15, -0.1) is 0 Å². The lowest BCUT2D eigenvalue weighted by Gasteiger charge is -2.29. The first-order chi connectivity index (χ1) is 6.49. The van der Waals surface area contributed by atoms with Gasteiger partial charge < -0.3 is 9.84 Å². The Morgan fingerprint density at radius 2 is 1.93 bits per heavy atom. The molecule has 0 heterocycles. The average molecular weight is 215 g/mol. The van der Waals surface area contributed by atoms with Crippen LogP contribution in [-0.2, 0) is 4.74 Å². The average Bonchev–Trinajstić information content (AvgIpc) is 2.17. The first-order valence-corrected chi connectivity index (χ1v) is 4.84. The molecule has 1 aromatic carbocycles. The maximum Gasteiger partial charge on any atom is 0.109 e. The molecule has 0 spiro atoms. The van der Waals surface area contributed by atoms with Gasteiger partial charge in [-0.05, 0) is 19.9 Å². The Hall–Kier alpha value is -0.570. The number of methoxy groups -OCH3 is 1. The molecule has 2 nitrogen and oxygen atoms in total. The summed E-state index contributed by atoms with van der Waals surface area (Å²) in [4.78, 5) is 0. The minimum atomic E-state index is -0.721. The predicted molar refractivity (Wildman–Crippen MR) is 57.5 cm³/mol. The SMILES string of the molecule is COC(C)(C)C(O)c1ccccc1Cl. The Balaban J connectivity index is 3.00. The fraction of sp³-hybridized carbons (Fsp3) is 0.455. The van der Waals surface area contributed by atoms with Crippen molar-refractivity contribution in [2.45, 2.75) is 25.6 Å². The predicted octanol–water partition coefficient (Wildman–Crippen LogP) is 2.80. The maximum atomic E-state index is 10.0. The lowest BCUT2D eigenvalue weighted by Crippen LogP contribution is -2.31. The molecule has 0 radical (unpaired) electrons. The molecular weight excluding hydrogens is 200 g/mol. The van der Waals surface area contributed by atoms with Crippen LogP contribution in [0.1, 0.15) is 25.5 Å². The smallest absolute Gasteiger partial charge is 0.109 e. The minimum absolute atomic E-state index is 0.560. The number of aliphatic hydroxyl groups excluding tert-OH is 1. The van der Waals surface area contributed by atoms with Crippen molar-refractivity contribution in [2.75, 3.05) is 7.11 Å². The summed E-state index contributed by atoms with van der Waals surface area (Å²) in [6, 6.07) is 7.23. The van der Waals surface area contributed by atoms with E-state index in [4.69, 9.17) is 16.3 Å². The van der Waals surface area contributed by atoms with E-state index in [9.17, 15) is 5.11 Å². The van der Waals surface area contributed by atoms with Crippen LogP contribution in [0.2, 0.25) is 5.02 Å². The Bertz CT molecular complexity index is 310. The molecule has 0 bridgehead atoms. The molecule has 0 aliphatic heterocycles. The van der Waals surface area contributed by atoms with Crippen LogP contribution in [-0.4, -0.2) is 17.8 Å². The topological polar surface area (TPSA) is 29.5 Å². The fourth-order valence-corrected chi connectivity index (χ4v) is 1.42.